The Kier molecular flexibility index (Phi) is 10.5. The average molecular weight is 505 g/mol. The number of Topliss-reactive ketones (excluding diaryl/α,β-unsaturated/α-hetero) is 1. The van der Waals surface area contributed by atoms with Crippen LogP contribution in [0, 0.1) is 5.92 Å². The molecule has 0 atom stereocenters. The molecular formula is C30H36N2O5. The molecule has 0 radical (unpaired) electrons. The van der Waals surface area contributed by atoms with E-state index in [2.05, 4.69) is 24.1 Å². The summed E-state index contributed by atoms with van der Waals surface area (Å²) in [5.74, 6) is 2.21. The highest BCUT2D eigenvalue weighted by Gasteiger charge is 2.15. The van der Waals surface area contributed by atoms with Crippen LogP contribution >= 0.6 is 0 Å². The molecule has 2 aromatic carbocycles. The molecule has 0 saturated heterocycles. The van der Waals surface area contributed by atoms with E-state index in [4.69, 9.17) is 14.2 Å². The number of benzene rings is 2. The maximum absolute atomic E-state index is 12.8. The molecular weight excluding hydrogens is 468 g/mol. The van der Waals surface area contributed by atoms with Gasteiger partial charge < -0.3 is 19.5 Å². The molecule has 0 saturated carbocycles. The van der Waals surface area contributed by atoms with Gasteiger partial charge in [-0.05, 0) is 44.4 Å². The van der Waals surface area contributed by atoms with Crippen molar-refractivity contribution < 1.29 is 23.8 Å². The number of ketones is 1. The van der Waals surface area contributed by atoms with E-state index in [0.29, 0.717) is 60.1 Å². The van der Waals surface area contributed by atoms with Crippen LogP contribution in [0.4, 0.5) is 5.82 Å². The normalized spacial score (nSPS) is 10.7. The van der Waals surface area contributed by atoms with Gasteiger partial charge in [0.05, 0.1) is 25.5 Å². The number of rotatable bonds is 14. The molecule has 3 rings (SSSR count). The molecule has 0 aliphatic rings. The molecule has 0 aliphatic heterocycles. The highest BCUT2D eigenvalue weighted by molar-refractivity contribution is 6.00. The average Bonchev–Trinajstić information content (AvgIpc) is 2.89. The number of nitrogens with zero attached hydrogens (tertiary/aromatic N) is 1. The third kappa shape index (κ3) is 8.63. The molecule has 7 nitrogen and oxygen atoms in total. The van der Waals surface area contributed by atoms with Crippen molar-refractivity contribution in [3.8, 4) is 28.5 Å². The summed E-state index contributed by atoms with van der Waals surface area (Å²) < 4.78 is 17.1. The minimum Gasteiger partial charge on any atom is -0.493 e. The van der Waals surface area contributed by atoms with Crippen molar-refractivity contribution in [3.63, 3.8) is 0 Å². The highest BCUT2D eigenvalue weighted by Crippen LogP contribution is 2.29. The van der Waals surface area contributed by atoms with Crippen molar-refractivity contribution in [2.24, 2.45) is 5.92 Å². The molecule has 1 N–H and O–H groups in total. The predicted octanol–water partition coefficient (Wildman–Crippen LogP) is 6.57. The van der Waals surface area contributed by atoms with Gasteiger partial charge >= 0.3 is 0 Å². The van der Waals surface area contributed by atoms with Gasteiger partial charge in [-0.1, -0.05) is 44.2 Å². The molecule has 0 fully saturated rings. The fraction of sp³-hybridized carbons (Fsp3) is 0.367. The second-order valence-electron chi connectivity index (χ2n) is 8.97. The summed E-state index contributed by atoms with van der Waals surface area (Å²) in [6.07, 6.45) is 1.00. The number of carbonyl (C=O) groups is 2. The Hall–Kier alpha value is -3.87. The second-order valence-corrected chi connectivity index (χ2v) is 8.97. The molecule has 1 aromatic heterocycles. The summed E-state index contributed by atoms with van der Waals surface area (Å²) in [7, 11) is 0. The van der Waals surface area contributed by atoms with Crippen molar-refractivity contribution in [2.45, 2.75) is 47.0 Å². The number of nitrogens with one attached hydrogen (secondary N) is 1. The summed E-state index contributed by atoms with van der Waals surface area (Å²) in [6, 6.07) is 18.4. The van der Waals surface area contributed by atoms with E-state index >= 15 is 0 Å². The number of ether oxygens (including phenoxy) is 3. The van der Waals surface area contributed by atoms with Crippen LogP contribution in [-0.4, -0.2) is 36.5 Å². The fourth-order valence-corrected chi connectivity index (χ4v) is 3.62. The first-order valence-electron chi connectivity index (χ1n) is 12.8. The van der Waals surface area contributed by atoms with Crippen LogP contribution in [0.15, 0.2) is 60.7 Å². The van der Waals surface area contributed by atoms with E-state index in [0.717, 1.165) is 12.0 Å². The SMILES string of the molecule is CCOc1ccc(C(=O)CCC(=O)Nc2cc(OCCC(C)C)cc(-c3ccccc3)n2)cc1OCC. The lowest BCUT2D eigenvalue weighted by Gasteiger charge is -2.13. The van der Waals surface area contributed by atoms with Crippen LogP contribution in [0.5, 0.6) is 17.2 Å². The molecule has 7 heteroatoms. The van der Waals surface area contributed by atoms with Gasteiger partial charge in [0.2, 0.25) is 5.91 Å². The standard InChI is InChI=1S/C30H36N2O5/c1-5-35-27-14-12-23(18-28(27)36-6-2)26(33)13-15-30(34)32-29-20-24(37-17-16-21(3)4)19-25(31-29)22-10-8-7-9-11-22/h7-12,14,18-21H,5-6,13,15-17H2,1-4H3,(H,31,32,34). The Morgan fingerprint density at radius 1 is 0.865 bits per heavy atom. The summed E-state index contributed by atoms with van der Waals surface area (Å²) >= 11 is 0. The molecule has 37 heavy (non-hydrogen) atoms. The smallest absolute Gasteiger partial charge is 0.225 e. The number of amides is 1. The van der Waals surface area contributed by atoms with E-state index in [-0.39, 0.29) is 24.5 Å². The van der Waals surface area contributed by atoms with E-state index < -0.39 is 0 Å². The van der Waals surface area contributed by atoms with Crippen LogP contribution < -0.4 is 19.5 Å². The van der Waals surface area contributed by atoms with Crippen LogP contribution in [0.3, 0.4) is 0 Å². The van der Waals surface area contributed by atoms with Gasteiger partial charge in [0, 0.05) is 36.1 Å². The number of aromatic nitrogens is 1. The number of hydrogen-bond donors (Lipinski definition) is 1. The van der Waals surface area contributed by atoms with Gasteiger partial charge in [0.1, 0.15) is 11.6 Å². The van der Waals surface area contributed by atoms with Gasteiger partial charge in [0.15, 0.2) is 17.3 Å². The first-order chi connectivity index (χ1) is 17.9. The van der Waals surface area contributed by atoms with E-state index in [1.807, 2.05) is 50.2 Å². The Balaban J connectivity index is 1.68. The predicted molar refractivity (Wildman–Crippen MR) is 146 cm³/mol. The van der Waals surface area contributed by atoms with Crippen LogP contribution in [0.25, 0.3) is 11.3 Å². The van der Waals surface area contributed by atoms with E-state index in [9.17, 15) is 9.59 Å². The monoisotopic (exact) mass is 504 g/mol. The molecule has 1 heterocycles. The van der Waals surface area contributed by atoms with Crippen molar-refractivity contribution in [2.75, 3.05) is 25.1 Å². The Labute approximate surface area is 219 Å². The van der Waals surface area contributed by atoms with Crippen LogP contribution in [0.2, 0.25) is 0 Å². The highest BCUT2D eigenvalue weighted by atomic mass is 16.5. The van der Waals surface area contributed by atoms with Gasteiger partial charge in [-0.25, -0.2) is 4.98 Å². The molecule has 0 bridgehead atoms. The lowest BCUT2D eigenvalue weighted by Crippen LogP contribution is -2.15. The lowest BCUT2D eigenvalue weighted by molar-refractivity contribution is -0.116. The second kappa shape index (κ2) is 14.0. The third-order valence-electron chi connectivity index (χ3n) is 5.54. The van der Waals surface area contributed by atoms with Gasteiger partial charge in [-0.3, -0.25) is 9.59 Å². The topological polar surface area (TPSA) is 86.8 Å². The number of pyridine rings is 1. The minimum absolute atomic E-state index is 0.0246. The Morgan fingerprint density at radius 2 is 1.59 bits per heavy atom. The maximum Gasteiger partial charge on any atom is 0.225 e. The van der Waals surface area contributed by atoms with Crippen molar-refractivity contribution in [3.05, 3.63) is 66.2 Å². The summed E-state index contributed by atoms with van der Waals surface area (Å²) in [6.45, 7) is 9.57. The largest absolute Gasteiger partial charge is 0.493 e. The lowest BCUT2D eigenvalue weighted by atomic mass is 10.1. The maximum atomic E-state index is 12.8. The van der Waals surface area contributed by atoms with Crippen molar-refractivity contribution in [1.82, 2.24) is 4.98 Å². The Morgan fingerprint density at radius 3 is 2.30 bits per heavy atom. The molecule has 0 unspecified atom stereocenters. The molecule has 0 spiro atoms. The number of carbonyl (C=O) groups excluding carboxylic acids is 2. The van der Waals surface area contributed by atoms with Crippen molar-refractivity contribution >= 4 is 17.5 Å². The first kappa shape index (κ1) is 27.7. The molecule has 0 aliphatic carbocycles. The number of anilines is 1. The number of hydrogen-bond acceptors (Lipinski definition) is 6. The molecule has 3 aromatic rings. The zero-order chi connectivity index (χ0) is 26.6. The molecule has 196 valence electrons. The van der Waals surface area contributed by atoms with Gasteiger partial charge in [-0.2, -0.15) is 0 Å². The zero-order valence-electron chi connectivity index (χ0n) is 22.1. The van der Waals surface area contributed by atoms with E-state index in [1.54, 1.807) is 24.3 Å². The first-order valence-corrected chi connectivity index (χ1v) is 12.8. The quantitative estimate of drug-likeness (QED) is 0.250. The summed E-state index contributed by atoms with van der Waals surface area (Å²) in [5, 5.41) is 2.83. The van der Waals surface area contributed by atoms with Gasteiger partial charge in [-0.15, -0.1) is 0 Å². The third-order valence-corrected chi connectivity index (χ3v) is 5.54. The molecule has 1 amide bonds. The van der Waals surface area contributed by atoms with Crippen molar-refractivity contribution in [1.29, 1.82) is 0 Å². The van der Waals surface area contributed by atoms with Gasteiger partial charge in [0.25, 0.3) is 0 Å². The fourth-order valence-electron chi connectivity index (χ4n) is 3.62. The Bertz CT molecular complexity index is 1180. The zero-order valence-corrected chi connectivity index (χ0v) is 22.1. The van der Waals surface area contributed by atoms with E-state index in [1.165, 1.54) is 0 Å². The minimum atomic E-state index is -0.296. The van der Waals surface area contributed by atoms with Crippen LogP contribution in [0.1, 0.15) is 57.3 Å². The summed E-state index contributed by atoms with van der Waals surface area (Å²) in [4.78, 5) is 30.1. The summed E-state index contributed by atoms with van der Waals surface area (Å²) in [5.41, 5.74) is 2.10. The van der Waals surface area contributed by atoms with Crippen LogP contribution in [-0.2, 0) is 4.79 Å².